The minimum atomic E-state index is -1.40. The van der Waals surface area contributed by atoms with Gasteiger partial charge in [-0.1, -0.05) is 48.0 Å². The summed E-state index contributed by atoms with van der Waals surface area (Å²) in [6.07, 6.45) is 0. The predicted octanol–water partition coefficient (Wildman–Crippen LogP) is 4.26. The third kappa shape index (κ3) is 4.17. The number of carbonyl (C=O) groups is 3. The molecular formula is C22H20ClNO5. The molecule has 2 aromatic carbocycles. The summed E-state index contributed by atoms with van der Waals surface area (Å²) >= 11 is 6.09. The van der Waals surface area contributed by atoms with E-state index in [0.29, 0.717) is 21.5 Å². The molecule has 3 rings (SSSR count). The first kappa shape index (κ1) is 20.6. The average molecular weight is 414 g/mol. The molecule has 0 aliphatic carbocycles. The van der Waals surface area contributed by atoms with Crippen LogP contribution < -0.4 is 0 Å². The monoisotopic (exact) mass is 413 g/mol. The Labute approximate surface area is 172 Å². The highest BCUT2D eigenvalue weighted by Gasteiger charge is 2.37. The lowest BCUT2D eigenvalue weighted by Crippen LogP contribution is -2.27. The lowest BCUT2D eigenvalue weighted by Gasteiger charge is -2.16. The van der Waals surface area contributed by atoms with Crippen LogP contribution in [0.2, 0.25) is 5.02 Å². The van der Waals surface area contributed by atoms with E-state index in [-0.39, 0.29) is 30.3 Å². The molecule has 0 unspecified atom stereocenters. The minimum Gasteiger partial charge on any atom is -0.465 e. The van der Waals surface area contributed by atoms with Gasteiger partial charge in [-0.15, -0.1) is 0 Å². The number of aromatic nitrogens is 1. The summed E-state index contributed by atoms with van der Waals surface area (Å²) in [5, 5.41) is 0.979. The summed E-state index contributed by atoms with van der Waals surface area (Å²) < 4.78 is 10.2. The zero-order valence-corrected chi connectivity index (χ0v) is 16.8. The number of carbonyl (C=O) groups excluding carboxylic acids is 3. The molecule has 0 aliphatic heterocycles. The number of ketones is 1. The molecule has 7 heteroatoms. The van der Waals surface area contributed by atoms with Crippen LogP contribution in [0.25, 0.3) is 10.9 Å². The Morgan fingerprint density at radius 2 is 1.59 bits per heavy atom. The van der Waals surface area contributed by atoms with Crippen molar-refractivity contribution in [1.82, 2.24) is 4.98 Å². The Morgan fingerprint density at radius 1 is 0.966 bits per heavy atom. The van der Waals surface area contributed by atoms with E-state index in [1.165, 1.54) is 0 Å². The van der Waals surface area contributed by atoms with Gasteiger partial charge in [0.25, 0.3) is 0 Å². The number of halogens is 1. The fourth-order valence-corrected chi connectivity index (χ4v) is 3.36. The highest BCUT2D eigenvalue weighted by atomic mass is 35.5. The quantitative estimate of drug-likeness (QED) is 0.355. The van der Waals surface area contributed by atoms with Gasteiger partial charge < -0.3 is 14.5 Å². The molecular weight excluding hydrogens is 394 g/mol. The topological polar surface area (TPSA) is 85.5 Å². The molecule has 0 atom stereocenters. The van der Waals surface area contributed by atoms with Gasteiger partial charge in [0, 0.05) is 27.1 Å². The van der Waals surface area contributed by atoms with Crippen molar-refractivity contribution in [2.75, 3.05) is 13.2 Å². The van der Waals surface area contributed by atoms with E-state index in [4.69, 9.17) is 21.1 Å². The number of aromatic amines is 1. The second-order valence-corrected chi connectivity index (χ2v) is 6.67. The van der Waals surface area contributed by atoms with Crippen LogP contribution >= 0.6 is 11.6 Å². The van der Waals surface area contributed by atoms with Gasteiger partial charge in [-0.25, -0.2) is 0 Å². The van der Waals surface area contributed by atoms with Crippen LogP contribution in [0.5, 0.6) is 0 Å². The predicted molar refractivity (Wildman–Crippen MR) is 109 cm³/mol. The van der Waals surface area contributed by atoms with Crippen LogP contribution in [0.15, 0.2) is 48.5 Å². The fourth-order valence-electron chi connectivity index (χ4n) is 3.19. The molecule has 1 heterocycles. The number of hydrogen-bond acceptors (Lipinski definition) is 5. The smallest absolute Gasteiger partial charge is 0.324 e. The number of esters is 2. The highest BCUT2D eigenvalue weighted by Crippen LogP contribution is 2.34. The van der Waals surface area contributed by atoms with Crippen LogP contribution in [-0.4, -0.2) is 35.9 Å². The maximum atomic E-state index is 13.2. The van der Waals surface area contributed by atoms with Crippen molar-refractivity contribution in [3.8, 4) is 0 Å². The van der Waals surface area contributed by atoms with Crippen LogP contribution in [0.4, 0.5) is 0 Å². The molecule has 0 spiro atoms. The van der Waals surface area contributed by atoms with E-state index in [0.717, 1.165) is 0 Å². The van der Waals surface area contributed by atoms with E-state index in [2.05, 4.69) is 4.98 Å². The van der Waals surface area contributed by atoms with E-state index in [9.17, 15) is 14.4 Å². The van der Waals surface area contributed by atoms with Gasteiger partial charge in [0.2, 0.25) is 5.78 Å². The zero-order valence-electron chi connectivity index (χ0n) is 16.0. The Kier molecular flexibility index (Phi) is 6.34. The first-order chi connectivity index (χ1) is 14.0. The van der Waals surface area contributed by atoms with E-state index < -0.39 is 17.9 Å². The summed E-state index contributed by atoms with van der Waals surface area (Å²) in [4.78, 5) is 41.7. The molecule has 0 amide bonds. The number of fused-ring (bicyclic) bond motifs is 1. The minimum absolute atomic E-state index is 0.0882. The van der Waals surface area contributed by atoms with Crippen molar-refractivity contribution in [2.24, 2.45) is 0 Å². The summed E-state index contributed by atoms with van der Waals surface area (Å²) in [6.45, 7) is 3.46. The molecule has 0 bridgehead atoms. The summed E-state index contributed by atoms with van der Waals surface area (Å²) in [5.41, 5.74) is 1.30. The SMILES string of the molecule is CCOC(=O)C(C(=O)OCC)c1c(C(=O)c2ccccc2)[nH]c2cc(Cl)ccc12. The number of H-pyrrole nitrogens is 1. The molecule has 0 radical (unpaired) electrons. The molecule has 0 fully saturated rings. The van der Waals surface area contributed by atoms with Crippen LogP contribution in [0.1, 0.15) is 41.4 Å². The van der Waals surface area contributed by atoms with Gasteiger partial charge in [0.05, 0.1) is 18.9 Å². The third-order valence-corrected chi connectivity index (χ3v) is 4.63. The van der Waals surface area contributed by atoms with Crippen LogP contribution in [0, 0.1) is 0 Å². The van der Waals surface area contributed by atoms with Gasteiger partial charge >= 0.3 is 11.9 Å². The molecule has 6 nitrogen and oxygen atoms in total. The summed E-state index contributed by atoms with van der Waals surface area (Å²) in [6, 6.07) is 13.5. The van der Waals surface area contributed by atoms with Crippen molar-refractivity contribution in [2.45, 2.75) is 19.8 Å². The highest BCUT2D eigenvalue weighted by molar-refractivity contribution is 6.31. The molecule has 0 saturated heterocycles. The number of benzene rings is 2. The van der Waals surface area contributed by atoms with Gasteiger partial charge in [0.15, 0.2) is 5.92 Å². The maximum Gasteiger partial charge on any atom is 0.324 e. The van der Waals surface area contributed by atoms with Gasteiger partial charge in [0.1, 0.15) is 0 Å². The molecule has 1 aromatic heterocycles. The third-order valence-electron chi connectivity index (χ3n) is 4.40. The van der Waals surface area contributed by atoms with E-state index in [1.54, 1.807) is 62.4 Å². The van der Waals surface area contributed by atoms with Crippen LogP contribution in [0.3, 0.4) is 0 Å². The lowest BCUT2D eigenvalue weighted by molar-refractivity contribution is -0.156. The molecule has 1 N–H and O–H groups in total. The number of nitrogens with one attached hydrogen (secondary N) is 1. The molecule has 29 heavy (non-hydrogen) atoms. The Balaban J connectivity index is 2.26. The second kappa shape index (κ2) is 8.92. The standard InChI is InChI=1S/C22H20ClNO5/c1-3-28-21(26)18(22(27)29-4-2)17-15-11-10-14(23)12-16(15)24-19(17)20(25)13-8-6-5-7-9-13/h5-12,18,24H,3-4H2,1-2H3. The fraction of sp³-hybridized carbons (Fsp3) is 0.227. The molecule has 0 saturated carbocycles. The second-order valence-electron chi connectivity index (χ2n) is 6.24. The molecule has 3 aromatic rings. The van der Waals surface area contributed by atoms with Crippen LogP contribution in [-0.2, 0) is 19.1 Å². The first-order valence-electron chi connectivity index (χ1n) is 9.22. The normalized spacial score (nSPS) is 10.9. The Morgan fingerprint density at radius 3 is 2.17 bits per heavy atom. The largest absolute Gasteiger partial charge is 0.465 e. The first-order valence-corrected chi connectivity index (χ1v) is 9.59. The summed E-state index contributed by atoms with van der Waals surface area (Å²) in [7, 11) is 0. The van der Waals surface area contributed by atoms with Crippen molar-refractivity contribution in [1.29, 1.82) is 0 Å². The number of hydrogen-bond donors (Lipinski definition) is 1. The average Bonchev–Trinajstić information content (AvgIpc) is 3.07. The maximum absolute atomic E-state index is 13.2. The number of ether oxygens (including phenoxy) is 2. The summed E-state index contributed by atoms with van der Waals surface area (Å²) in [5.74, 6) is -3.30. The van der Waals surface area contributed by atoms with Gasteiger partial charge in [-0.3, -0.25) is 14.4 Å². The van der Waals surface area contributed by atoms with Gasteiger partial charge in [-0.2, -0.15) is 0 Å². The van der Waals surface area contributed by atoms with Crippen molar-refractivity contribution >= 4 is 40.2 Å². The van der Waals surface area contributed by atoms with Crippen molar-refractivity contribution in [3.63, 3.8) is 0 Å². The Bertz CT molecular complexity index is 1040. The lowest BCUT2D eigenvalue weighted by atomic mass is 9.93. The van der Waals surface area contributed by atoms with E-state index >= 15 is 0 Å². The molecule has 0 aliphatic rings. The van der Waals surface area contributed by atoms with Gasteiger partial charge in [-0.05, 0) is 26.0 Å². The van der Waals surface area contributed by atoms with Crippen molar-refractivity contribution in [3.05, 3.63) is 70.4 Å². The van der Waals surface area contributed by atoms with E-state index in [1.807, 2.05) is 0 Å². The Hall–Kier alpha value is -3.12. The zero-order chi connectivity index (χ0) is 21.0. The number of rotatable bonds is 7. The molecule has 150 valence electrons. The van der Waals surface area contributed by atoms with Crippen molar-refractivity contribution < 1.29 is 23.9 Å².